The van der Waals surface area contributed by atoms with Gasteiger partial charge in [-0.1, -0.05) is 0 Å². The van der Waals surface area contributed by atoms with Crippen LogP contribution in [0.4, 0.5) is 0 Å². The molecule has 0 saturated carbocycles. The standard InChI is InChI=1S/C21H27N3O2/c1-22-8-6-17(7-9-22)23-12-15-11-16(14-23)19-5-4-18(20-3-2-10-26-20)21(25)24(19)13-15/h2-5,10,15-17H,6-9,11-14H2,1H3/t15-,16-/m1/s1. The van der Waals surface area contributed by atoms with Crippen LogP contribution in [-0.4, -0.2) is 53.6 Å². The molecule has 0 radical (unpaired) electrons. The van der Waals surface area contributed by atoms with E-state index in [2.05, 4.69) is 22.9 Å². The third-order valence-electron chi connectivity index (χ3n) is 6.62. The zero-order chi connectivity index (χ0) is 17.7. The molecule has 5 rings (SSSR count). The van der Waals surface area contributed by atoms with Crippen molar-refractivity contribution in [3.63, 3.8) is 0 Å². The van der Waals surface area contributed by atoms with Gasteiger partial charge in [-0.2, -0.15) is 0 Å². The van der Waals surface area contributed by atoms with E-state index < -0.39 is 0 Å². The summed E-state index contributed by atoms with van der Waals surface area (Å²) < 4.78 is 7.50. The number of piperidine rings is 2. The second kappa shape index (κ2) is 6.39. The van der Waals surface area contributed by atoms with Crippen LogP contribution in [0.2, 0.25) is 0 Å². The maximum absolute atomic E-state index is 13.0. The van der Waals surface area contributed by atoms with Crippen molar-refractivity contribution in [2.75, 3.05) is 33.2 Å². The smallest absolute Gasteiger partial charge is 0.261 e. The van der Waals surface area contributed by atoms with Crippen LogP contribution < -0.4 is 5.56 Å². The van der Waals surface area contributed by atoms with Crippen molar-refractivity contribution in [1.82, 2.24) is 14.4 Å². The molecule has 26 heavy (non-hydrogen) atoms. The minimum Gasteiger partial charge on any atom is -0.464 e. The summed E-state index contributed by atoms with van der Waals surface area (Å²) in [5, 5.41) is 0. The van der Waals surface area contributed by atoms with Crippen molar-refractivity contribution in [1.29, 1.82) is 0 Å². The number of hydrogen-bond acceptors (Lipinski definition) is 4. The molecule has 2 bridgehead atoms. The van der Waals surface area contributed by atoms with Crippen LogP contribution >= 0.6 is 0 Å². The number of likely N-dealkylation sites (tertiary alicyclic amines) is 2. The van der Waals surface area contributed by atoms with Crippen LogP contribution in [0.5, 0.6) is 0 Å². The molecule has 0 unspecified atom stereocenters. The van der Waals surface area contributed by atoms with Crippen LogP contribution in [0.15, 0.2) is 39.7 Å². The highest BCUT2D eigenvalue weighted by atomic mass is 16.3. The molecule has 2 fully saturated rings. The fourth-order valence-electron chi connectivity index (χ4n) is 5.26. The average Bonchev–Trinajstić information content (AvgIpc) is 3.17. The minimum absolute atomic E-state index is 0.111. The van der Waals surface area contributed by atoms with Crippen LogP contribution in [0.1, 0.15) is 30.9 Å². The van der Waals surface area contributed by atoms with Gasteiger partial charge in [0, 0.05) is 37.3 Å². The molecule has 2 saturated heterocycles. The summed E-state index contributed by atoms with van der Waals surface area (Å²) in [5.41, 5.74) is 2.02. The number of nitrogens with zero attached hydrogens (tertiary/aromatic N) is 3. The van der Waals surface area contributed by atoms with Crippen LogP contribution in [0, 0.1) is 5.92 Å². The van der Waals surface area contributed by atoms with E-state index in [-0.39, 0.29) is 5.56 Å². The first-order valence-corrected chi connectivity index (χ1v) is 9.89. The van der Waals surface area contributed by atoms with E-state index in [1.807, 2.05) is 22.8 Å². The lowest BCUT2D eigenvalue weighted by atomic mass is 9.81. The molecule has 5 heteroatoms. The van der Waals surface area contributed by atoms with Crippen LogP contribution in [-0.2, 0) is 6.54 Å². The lowest BCUT2D eigenvalue weighted by Crippen LogP contribution is -2.53. The highest BCUT2D eigenvalue weighted by Gasteiger charge is 2.37. The number of pyridine rings is 1. The quantitative estimate of drug-likeness (QED) is 0.832. The molecule has 5 heterocycles. The van der Waals surface area contributed by atoms with Gasteiger partial charge >= 0.3 is 0 Å². The third kappa shape index (κ3) is 2.74. The Bertz CT molecular complexity index is 833. The van der Waals surface area contributed by atoms with E-state index in [0.717, 1.165) is 25.7 Å². The first-order chi connectivity index (χ1) is 12.7. The predicted molar refractivity (Wildman–Crippen MR) is 101 cm³/mol. The van der Waals surface area contributed by atoms with Gasteiger partial charge in [0.1, 0.15) is 5.76 Å². The number of rotatable bonds is 2. The lowest BCUT2D eigenvalue weighted by molar-refractivity contribution is 0.0517. The first kappa shape index (κ1) is 16.3. The molecule has 0 N–H and O–H groups in total. The second-order valence-electron chi connectivity index (χ2n) is 8.35. The maximum atomic E-state index is 13.0. The Balaban J connectivity index is 1.43. The van der Waals surface area contributed by atoms with E-state index in [0.29, 0.717) is 23.2 Å². The summed E-state index contributed by atoms with van der Waals surface area (Å²) >= 11 is 0. The Morgan fingerprint density at radius 1 is 1.08 bits per heavy atom. The molecule has 3 aliphatic rings. The highest BCUT2D eigenvalue weighted by molar-refractivity contribution is 5.56. The van der Waals surface area contributed by atoms with Gasteiger partial charge < -0.3 is 13.9 Å². The van der Waals surface area contributed by atoms with E-state index in [4.69, 9.17) is 4.42 Å². The van der Waals surface area contributed by atoms with Crippen molar-refractivity contribution in [2.24, 2.45) is 5.92 Å². The van der Waals surface area contributed by atoms with Gasteiger partial charge in [-0.25, -0.2) is 0 Å². The Morgan fingerprint density at radius 2 is 1.92 bits per heavy atom. The SMILES string of the molecule is CN1CCC(N2C[C@H]3C[C@H](C2)c2ccc(-c4ccco4)c(=O)n2C3)CC1. The largest absolute Gasteiger partial charge is 0.464 e. The number of fused-ring (bicyclic) bond motifs is 4. The van der Waals surface area contributed by atoms with E-state index >= 15 is 0 Å². The van der Waals surface area contributed by atoms with Crippen LogP contribution in [0.25, 0.3) is 11.3 Å². The van der Waals surface area contributed by atoms with Crippen molar-refractivity contribution >= 4 is 0 Å². The Hall–Kier alpha value is -1.85. The van der Waals surface area contributed by atoms with Gasteiger partial charge in [-0.15, -0.1) is 0 Å². The Kier molecular flexibility index (Phi) is 4.02. The highest BCUT2D eigenvalue weighted by Crippen LogP contribution is 2.37. The number of aromatic nitrogens is 1. The third-order valence-corrected chi connectivity index (χ3v) is 6.62. The summed E-state index contributed by atoms with van der Waals surface area (Å²) in [6.45, 7) is 5.51. The molecule has 138 valence electrons. The average molecular weight is 353 g/mol. The van der Waals surface area contributed by atoms with Gasteiger partial charge in [-0.05, 0) is 69.6 Å². The van der Waals surface area contributed by atoms with Crippen molar-refractivity contribution in [3.05, 3.63) is 46.6 Å². The van der Waals surface area contributed by atoms with E-state index in [1.165, 1.54) is 38.0 Å². The predicted octanol–water partition coefficient (Wildman–Crippen LogP) is 2.62. The molecule has 0 amide bonds. The molecular formula is C21H27N3O2. The molecule has 2 aromatic rings. The Labute approximate surface area is 154 Å². The van der Waals surface area contributed by atoms with Gasteiger partial charge in [0.15, 0.2) is 0 Å². The first-order valence-electron chi connectivity index (χ1n) is 9.89. The normalized spacial score (nSPS) is 27.4. The molecule has 2 atom stereocenters. The number of hydrogen-bond donors (Lipinski definition) is 0. The zero-order valence-corrected chi connectivity index (χ0v) is 15.4. The van der Waals surface area contributed by atoms with Crippen LogP contribution in [0.3, 0.4) is 0 Å². The maximum Gasteiger partial charge on any atom is 0.261 e. The fourth-order valence-corrected chi connectivity index (χ4v) is 5.26. The molecule has 2 aromatic heterocycles. The lowest BCUT2D eigenvalue weighted by Gasteiger charge is -2.47. The van der Waals surface area contributed by atoms with Gasteiger partial charge in [0.25, 0.3) is 5.56 Å². The molecular weight excluding hydrogens is 326 g/mol. The zero-order valence-electron chi connectivity index (χ0n) is 15.4. The second-order valence-corrected chi connectivity index (χ2v) is 8.35. The molecule has 3 aliphatic heterocycles. The summed E-state index contributed by atoms with van der Waals surface area (Å²) in [6, 6.07) is 8.56. The van der Waals surface area contributed by atoms with E-state index in [9.17, 15) is 4.79 Å². The molecule has 5 nitrogen and oxygen atoms in total. The Morgan fingerprint density at radius 3 is 2.69 bits per heavy atom. The van der Waals surface area contributed by atoms with Crippen molar-refractivity contribution < 1.29 is 4.42 Å². The van der Waals surface area contributed by atoms with Crippen molar-refractivity contribution in [2.45, 2.75) is 37.8 Å². The summed E-state index contributed by atoms with van der Waals surface area (Å²) in [4.78, 5) is 18.2. The molecule has 0 spiro atoms. The van der Waals surface area contributed by atoms with Gasteiger partial charge in [-0.3, -0.25) is 9.69 Å². The summed E-state index contributed by atoms with van der Waals surface area (Å²) in [5.74, 6) is 1.75. The number of furan rings is 1. The molecule has 0 aliphatic carbocycles. The monoisotopic (exact) mass is 353 g/mol. The van der Waals surface area contributed by atoms with Gasteiger partial charge in [0.2, 0.25) is 0 Å². The minimum atomic E-state index is 0.111. The summed E-state index contributed by atoms with van der Waals surface area (Å²) in [6.07, 6.45) is 5.41. The van der Waals surface area contributed by atoms with Gasteiger partial charge in [0.05, 0.1) is 11.8 Å². The van der Waals surface area contributed by atoms with Crippen molar-refractivity contribution in [3.8, 4) is 11.3 Å². The van der Waals surface area contributed by atoms with E-state index in [1.54, 1.807) is 6.26 Å². The fraction of sp³-hybridized carbons (Fsp3) is 0.571. The summed E-state index contributed by atoms with van der Waals surface area (Å²) in [7, 11) is 2.22. The topological polar surface area (TPSA) is 41.6 Å². The molecule has 0 aromatic carbocycles.